The Hall–Kier alpha value is -3.99. The van der Waals surface area contributed by atoms with Crippen molar-refractivity contribution in [2.45, 2.75) is 31.3 Å². The third-order valence-electron chi connectivity index (χ3n) is 5.76. The molecule has 0 radical (unpaired) electrons. The van der Waals surface area contributed by atoms with Gasteiger partial charge in [-0.1, -0.05) is 30.0 Å². The van der Waals surface area contributed by atoms with Crippen molar-refractivity contribution in [3.05, 3.63) is 83.9 Å². The molecule has 11 heteroatoms. The molecule has 1 fully saturated rings. The van der Waals surface area contributed by atoms with Crippen LogP contribution in [0.5, 0.6) is 11.5 Å². The van der Waals surface area contributed by atoms with Gasteiger partial charge in [-0.25, -0.2) is 4.99 Å². The lowest BCUT2D eigenvalue weighted by Crippen LogP contribution is -2.44. The SMILES string of the molecule is CCOc1ccc(NC(=O)C2CC(=O)N(Cc3ccc(OC)cc3)C(=Nc3cccc(C(F)(F)F)c3)S2)cc1. The Morgan fingerprint density at radius 3 is 2.41 bits per heavy atom. The van der Waals surface area contributed by atoms with Crippen molar-refractivity contribution >= 4 is 40.1 Å². The molecule has 1 aliphatic rings. The average molecular weight is 558 g/mol. The Bertz CT molecular complexity index is 1350. The van der Waals surface area contributed by atoms with Crippen molar-refractivity contribution in [1.29, 1.82) is 0 Å². The lowest BCUT2D eigenvalue weighted by atomic mass is 10.2. The number of methoxy groups -OCH3 is 1. The molecule has 1 saturated heterocycles. The second-order valence-electron chi connectivity index (χ2n) is 8.53. The summed E-state index contributed by atoms with van der Waals surface area (Å²) in [6.45, 7) is 2.50. The number of carbonyl (C=O) groups is 2. The van der Waals surface area contributed by atoms with Crippen LogP contribution < -0.4 is 14.8 Å². The smallest absolute Gasteiger partial charge is 0.416 e. The zero-order chi connectivity index (χ0) is 28.0. The molecule has 204 valence electrons. The van der Waals surface area contributed by atoms with Crippen molar-refractivity contribution in [2.24, 2.45) is 4.99 Å². The minimum Gasteiger partial charge on any atom is -0.497 e. The van der Waals surface area contributed by atoms with Gasteiger partial charge in [-0.15, -0.1) is 0 Å². The number of hydrogen-bond acceptors (Lipinski definition) is 6. The van der Waals surface area contributed by atoms with Crippen LogP contribution in [0.15, 0.2) is 77.8 Å². The summed E-state index contributed by atoms with van der Waals surface area (Å²) >= 11 is 1.03. The minimum absolute atomic E-state index is 0.0208. The topological polar surface area (TPSA) is 80.2 Å². The van der Waals surface area contributed by atoms with Crippen LogP contribution in [0.4, 0.5) is 24.5 Å². The minimum atomic E-state index is -4.55. The van der Waals surface area contributed by atoms with E-state index in [1.807, 2.05) is 6.92 Å². The van der Waals surface area contributed by atoms with E-state index in [1.165, 1.54) is 24.1 Å². The van der Waals surface area contributed by atoms with E-state index in [9.17, 15) is 22.8 Å². The molecule has 1 aliphatic heterocycles. The Balaban J connectivity index is 1.60. The highest BCUT2D eigenvalue weighted by molar-refractivity contribution is 8.15. The summed E-state index contributed by atoms with van der Waals surface area (Å²) in [6, 6.07) is 18.4. The summed E-state index contributed by atoms with van der Waals surface area (Å²) in [5.74, 6) is 0.505. The van der Waals surface area contributed by atoms with Gasteiger partial charge in [0.25, 0.3) is 0 Å². The predicted molar refractivity (Wildman–Crippen MR) is 144 cm³/mol. The van der Waals surface area contributed by atoms with Crippen LogP contribution in [0.25, 0.3) is 0 Å². The van der Waals surface area contributed by atoms with Gasteiger partial charge in [-0.05, 0) is 67.1 Å². The number of halogens is 3. The second kappa shape index (κ2) is 12.2. The van der Waals surface area contributed by atoms with Gasteiger partial charge in [0.05, 0.1) is 31.5 Å². The van der Waals surface area contributed by atoms with Crippen LogP contribution in [0.3, 0.4) is 0 Å². The molecule has 2 amide bonds. The number of alkyl halides is 3. The number of amidine groups is 1. The summed E-state index contributed by atoms with van der Waals surface area (Å²) in [7, 11) is 1.54. The molecular formula is C28H26F3N3O4S. The van der Waals surface area contributed by atoms with E-state index in [2.05, 4.69) is 10.3 Å². The van der Waals surface area contributed by atoms with E-state index < -0.39 is 22.9 Å². The van der Waals surface area contributed by atoms with Crippen LogP contribution >= 0.6 is 11.8 Å². The van der Waals surface area contributed by atoms with E-state index >= 15 is 0 Å². The van der Waals surface area contributed by atoms with Gasteiger partial charge >= 0.3 is 6.18 Å². The van der Waals surface area contributed by atoms with Crippen LogP contribution in [0, 0.1) is 0 Å². The van der Waals surface area contributed by atoms with Gasteiger partial charge in [-0.3, -0.25) is 14.5 Å². The summed E-state index contributed by atoms with van der Waals surface area (Å²) in [4.78, 5) is 32.1. The molecule has 0 aliphatic carbocycles. The number of aliphatic imine (C=N–C) groups is 1. The van der Waals surface area contributed by atoms with E-state index in [4.69, 9.17) is 9.47 Å². The number of carbonyl (C=O) groups excluding carboxylic acids is 2. The van der Waals surface area contributed by atoms with Crippen molar-refractivity contribution in [3.63, 3.8) is 0 Å². The van der Waals surface area contributed by atoms with E-state index in [0.29, 0.717) is 23.8 Å². The maximum Gasteiger partial charge on any atom is 0.416 e. The number of rotatable bonds is 8. The molecule has 3 aromatic carbocycles. The number of amides is 2. The molecule has 0 bridgehead atoms. The number of nitrogens with zero attached hydrogens (tertiary/aromatic N) is 2. The van der Waals surface area contributed by atoms with Gasteiger partial charge < -0.3 is 14.8 Å². The number of ether oxygens (including phenoxy) is 2. The van der Waals surface area contributed by atoms with Gasteiger partial charge in [0.1, 0.15) is 16.7 Å². The quantitative estimate of drug-likeness (QED) is 0.353. The normalized spacial score (nSPS) is 16.7. The zero-order valence-electron chi connectivity index (χ0n) is 21.2. The number of benzene rings is 3. The first kappa shape index (κ1) is 28.0. The highest BCUT2D eigenvalue weighted by Gasteiger charge is 2.36. The fourth-order valence-electron chi connectivity index (χ4n) is 3.80. The molecule has 1 heterocycles. The van der Waals surface area contributed by atoms with Gasteiger partial charge in [0, 0.05) is 12.1 Å². The average Bonchev–Trinajstić information content (AvgIpc) is 2.91. The molecule has 39 heavy (non-hydrogen) atoms. The Kier molecular flexibility index (Phi) is 8.80. The maximum atomic E-state index is 13.3. The fraction of sp³-hybridized carbons (Fsp3) is 0.250. The molecular weight excluding hydrogens is 531 g/mol. The summed E-state index contributed by atoms with van der Waals surface area (Å²) < 4.78 is 50.4. The first-order chi connectivity index (χ1) is 18.7. The van der Waals surface area contributed by atoms with E-state index in [0.717, 1.165) is 29.5 Å². The van der Waals surface area contributed by atoms with Crippen LogP contribution in [-0.2, 0) is 22.3 Å². The third kappa shape index (κ3) is 7.32. The molecule has 1 N–H and O–H groups in total. The van der Waals surface area contributed by atoms with Crippen LogP contribution in [0.2, 0.25) is 0 Å². The van der Waals surface area contributed by atoms with Crippen molar-refractivity contribution < 1.29 is 32.2 Å². The standard InChI is InChI=1S/C28H26F3N3O4S/c1-3-38-23-13-9-20(10-14-23)32-26(36)24-16-25(35)34(17-18-7-11-22(37-2)12-8-18)27(39-24)33-21-6-4-5-19(15-21)28(29,30)31/h4-15,24H,3,16-17H2,1-2H3,(H,32,36). The molecule has 7 nitrogen and oxygen atoms in total. The Labute approximate surface area is 228 Å². The van der Waals surface area contributed by atoms with Crippen molar-refractivity contribution in [1.82, 2.24) is 4.90 Å². The second-order valence-corrected chi connectivity index (χ2v) is 9.70. The lowest BCUT2D eigenvalue weighted by Gasteiger charge is -2.32. The molecule has 0 aromatic heterocycles. The molecule has 1 atom stereocenters. The number of nitrogens with one attached hydrogen (secondary N) is 1. The van der Waals surface area contributed by atoms with Crippen LogP contribution in [0.1, 0.15) is 24.5 Å². The van der Waals surface area contributed by atoms with Crippen molar-refractivity contribution in [3.8, 4) is 11.5 Å². The number of hydrogen-bond donors (Lipinski definition) is 1. The van der Waals surface area contributed by atoms with Gasteiger partial charge in [0.2, 0.25) is 11.8 Å². The van der Waals surface area contributed by atoms with E-state index in [1.54, 1.807) is 48.5 Å². The zero-order valence-corrected chi connectivity index (χ0v) is 22.0. The number of thioether (sulfide) groups is 1. The molecule has 4 rings (SSSR count). The molecule has 3 aromatic rings. The largest absolute Gasteiger partial charge is 0.497 e. The number of anilines is 1. The van der Waals surface area contributed by atoms with Crippen LogP contribution in [-0.4, -0.2) is 40.8 Å². The summed E-state index contributed by atoms with van der Waals surface area (Å²) in [5.41, 5.74) is 0.447. The molecule has 0 saturated carbocycles. The lowest BCUT2D eigenvalue weighted by molar-refractivity contribution is -0.137. The van der Waals surface area contributed by atoms with E-state index in [-0.39, 0.29) is 29.7 Å². The first-order valence-electron chi connectivity index (χ1n) is 12.1. The first-order valence-corrected chi connectivity index (χ1v) is 12.9. The Morgan fingerprint density at radius 2 is 1.77 bits per heavy atom. The van der Waals surface area contributed by atoms with Gasteiger partial charge in [0.15, 0.2) is 5.17 Å². The highest BCUT2D eigenvalue weighted by atomic mass is 32.2. The fourth-order valence-corrected chi connectivity index (χ4v) is 4.89. The highest BCUT2D eigenvalue weighted by Crippen LogP contribution is 2.34. The predicted octanol–water partition coefficient (Wildman–Crippen LogP) is 6.27. The third-order valence-corrected chi connectivity index (χ3v) is 6.95. The monoisotopic (exact) mass is 557 g/mol. The van der Waals surface area contributed by atoms with Crippen molar-refractivity contribution in [2.75, 3.05) is 19.0 Å². The molecule has 0 spiro atoms. The summed E-state index contributed by atoms with van der Waals surface area (Å²) in [6.07, 6.45) is -4.65. The molecule has 1 unspecified atom stereocenters. The summed E-state index contributed by atoms with van der Waals surface area (Å²) in [5, 5.41) is 2.09. The maximum absolute atomic E-state index is 13.3. The Morgan fingerprint density at radius 1 is 1.08 bits per heavy atom. The van der Waals surface area contributed by atoms with Gasteiger partial charge in [-0.2, -0.15) is 13.2 Å².